The summed E-state index contributed by atoms with van der Waals surface area (Å²) >= 11 is 0. The van der Waals surface area contributed by atoms with E-state index in [1.807, 2.05) is 7.05 Å². The molecule has 3 heteroatoms. The minimum Gasteiger partial charge on any atom is -0.357 e. The van der Waals surface area contributed by atoms with Gasteiger partial charge in [-0.25, -0.2) is 4.98 Å². The van der Waals surface area contributed by atoms with Crippen LogP contribution in [0.2, 0.25) is 0 Å². The van der Waals surface area contributed by atoms with Crippen molar-refractivity contribution in [1.82, 2.24) is 10.3 Å². The fourth-order valence-electron chi connectivity index (χ4n) is 3.07. The minimum absolute atomic E-state index is 0.473. The molecule has 0 saturated carbocycles. The molecule has 0 unspecified atom stereocenters. The van der Waals surface area contributed by atoms with Gasteiger partial charge in [-0.3, -0.25) is 0 Å². The van der Waals surface area contributed by atoms with E-state index < -0.39 is 0 Å². The second-order valence-electron chi connectivity index (χ2n) is 6.84. The lowest BCUT2D eigenvalue weighted by atomic mass is 9.83. The molecule has 21 heavy (non-hydrogen) atoms. The van der Waals surface area contributed by atoms with Crippen LogP contribution in [-0.2, 0) is 6.54 Å². The predicted octanol–water partition coefficient (Wildman–Crippen LogP) is 3.58. The summed E-state index contributed by atoms with van der Waals surface area (Å²) in [5.74, 6) is 1.13. The third-order valence-electron chi connectivity index (χ3n) is 4.60. The highest BCUT2D eigenvalue weighted by molar-refractivity contribution is 5.84. The third-order valence-corrected chi connectivity index (χ3v) is 4.60. The lowest BCUT2D eigenvalue weighted by Gasteiger charge is -2.37. The van der Waals surface area contributed by atoms with E-state index in [0.717, 1.165) is 31.0 Å². The van der Waals surface area contributed by atoms with Crippen LogP contribution < -0.4 is 10.2 Å². The molecule has 1 saturated heterocycles. The Hall–Kier alpha value is -1.61. The first-order valence-electron chi connectivity index (χ1n) is 7.87. The molecular formula is C18H25N3. The normalized spacial score (nSPS) is 18.1. The summed E-state index contributed by atoms with van der Waals surface area (Å²) in [5, 5.41) is 4.53. The van der Waals surface area contributed by atoms with E-state index in [4.69, 9.17) is 4.98 Å². The van der Waals surface area contributed by atoms with E-state index >= 15 is 0 Å². The van der Waals surface area contributed by atoms with Crippen LogP contribution in [0, 0.1) is 5.41 Å². The first-order chi connectivity index (χ1) is 10.1. The minimum atomic E-state index is 0.473. The van der Waals surface area contributed by atoms with Crippen molar-refractivity contribution >= 4 is 16.7 Å². The van der Waals surface area contributed by atoms with Gasteiger partial charge in [-0.05, 0) is 43.0 Å². The highest BCUT2D eigenvalue weighted by Gasteiger charge is 2.26. The zero-order valence-electron chi connectivity index (χ0n) is 13.3. The Kier molecular flexibility index (Phi) is 3.85. The third kappa shape index (κ3) is 3.03. The number of hydrogen-bond acceptors (Lipinski definition) is 3. The Morgan fingerprint density at radius 2 is 1.90 bits per heavy atom. The molecule has 0 radical (unpaired) electrons. The molecule has 2 heterocycles. The molecule has 1 N–H and O–H groups in total. The number of piperidine rings is 1. The fraction of sp³-hybridized carbons (Fsp3) is 0.500. The molecule has 0 spiro atoms. The lowest BCUT2D eigenvalue weighted by Crippen LogP contribution is -2.37. The van der Waals surface area contributed by atoms with Gasteiger partial charge in [-0.2, -0.15) is 0 Å². The van der Waals surface area contributed by atoms with Crippen molar-refractivity contribution in [1.29, 1.82) is 0 Å². The van der Waals surface area contributed by atoms with Crippen LogP contribution in [0.1, 0.15) is 32.3 Å². The van der Waals surface area contributed by atoms with Gasteiger partial charge in [0.1, 0.15) is 5.82 Å². The Labute approximate surface area is 127 Å². The number of hydrogen-bond donors (Lipinski definition) is 1. The summed E-state index contributed by atoms with van der Waals surface area (Å²) in [5.41, 5.74) is 2.91. The molecule has 0 aliphatic carbocycles. The molecule has 1 aromatic carbocycles. The van der Waals surface area contributed by atoms with E-state index in [2.05, 4.69) is 54.4 Å². The number of nitrogens with one attached hydrogen (secondary N) is 1. The van der Waals surface area contributed by atoms with Gasteiger partial charge in [-0.1, -0.05) is 32.0 Å². The first kappa shape index (κ1) is 14.3. The van der Waals surface area contributed by atoms with Crippen molar-refractivity contribution in [2.75, 3.05) is 25.0 Å². The fourth-order valence-corrected chi connectivity index (χ4v) is 3.07. The van der Waals surface area contributed by atoms with Crippen LogP contribution in [0.25, 0.3) is 10.9 Å². The highest BCUT2D eigenvalue weighted by Crippen LogP contribution is 2.32. The Morgan fingerprint density at radius 3 is 2.62 bits per heavy atom. The molecular weight excluding hydrogens is 258 g/mol. The molecule has 112 valence electrons. The van der Waals surface area contributed by atoms with Gasteiger partial charge in [0.05, 0.1) is 5.52 Å². The first-order valence-corrected chi connectivity index (χ1v) is 7.87. The van der Waals surface area contributed by atoms with E-state index in [1.165, 1.54) is 23.8 Å². The average molecular weight is 283 g/mol. The maximum Gasteiger partial charge on any atom is 0.129 e. The van der Waals surface area contributed by atoms with Crippen LogP contribution in [-0.4, -0.2) is 25.1 Å². The van der Waals surface area contributed by atoms with Crippen LogP contribution in [0.5, 0.6) is 0 Å². The maximum absolute atomic E-state index is 4.89. The van der Waals surface area contributed by atoms with E-state index in [1.54, 1.807) is 0 Å². The topological polar surface area (TPSA) is 28.2 Å². The molecule has 1 aliphatic heterocycles. The number of nitrogens with zero attached hydrogens (tertiary/aromatic N) is 2. The SMILES string of the molecule is CNCc1cc(N2CCC(C)(C)CC2)nc2ccccc12. The van der Waals surface area contributed by atoms with E-state index in [9.17, 15) is 0 Å². The van der Waals surface area contributed by atoms with E-state index in [-0.39, 0.29) is 0 Å². The van der Waals surface area contributed by atoms with Gasteiger partial charge < -0.3 is 10.2 Å². The quantitative estimate of drug-likeness (QED) is 0.933. The van der Waals surface area contributed by atoms with Crippen LogP contribution in [0.4, 0.5) is 5.82 Å². The van der Waals surface area contributed by atoms with Gasteiger partial charge in [0.2, 0.25) is 0 Å². The van der Waals surface area contributed by atoms with Crippen molar-refractivity contribution in [3.63, 3.8) is 0 Å². The maximum atomic E-state index is 4.89. The predicted molar refractivity (Wildman–Crippen MR) is 89.7 cm³/mol. The summed E-state index contributed by atoms with van der Waals surface area (Å²) in [6.45, 7) is 7.83. The lowest BCUT2D eigenvalue weighted by molar-refractivity contribution is 0.279. The molecule has 0 bridgehead atoms. The van der Waals surface area contributed by atoms with Crippen molar-refractivity contribution < 1.29 is 0 Å². The van der Waals surface area contributed by atoms with Crippen LogP contribution in [0.15, 0.2) is 30.3 Å². The number of fused-ring (bicyclic) bond motifs is 1. The Bertz CT molecular complexity index is 623. The van der Waals surface area contributed by atoms with Gasteiger partial charge in [-0.15, -0.1) is 0 Å². The molecule has 0 amide bonds. The van der Waals surface area contributed by atoms with Crippen molar-refractivity contribution in [2.24, 2.45) is 5.41 Å². The number of anilines is 1. The Morgan fingerprint density at radius 1 is 1.19 bits per heavy atom. The van der Waals surface area contributed by atoms with Crippen molar-refractivity contribution in [3.8, 4) is 0 Å². The van der Waals surface area contributed by atoms with Gasteiger partial charge in [0, 0.05) is 25.0 Å². The summed E-state index contributed by atoms with van der Waals surface area (Å²) < 4.78 is 0. The van der Waals surface area contributed by atoms with Crippen molar-refractivity contribution in [2.45, 2.75) is 33.2 Å². The number of para-hydroxylation sites is 1. The second kappa shape index (κ2) is 5.64. The standard InChI is InChI=1S/C18H25N3/c1-18(2)8-10-21(11-9-18)17-12-14(13-19-3)15-6-4-5-7-16(15)20-17/h4-7,12,19H,8-11,13H2,1-3H3. The smallest absolute Gasteiger partial charge is 0.129 e. The molecule has 3 nitrogen and oxygen atoms in total. The monoisotopic (exact) mass is 283 g/mol. The number of rotatable bonds is 3. The van der Waals surface area contributed by atoms with Crippen molar-refractivity contribution in [3.05, 3.63) is 35.9 Å². The zero-order valence-corrected chi connectivity index (χ0v) is 13.3. The van der Waals surface area contributed by atoms with Crippen LogP contribution >= 0.6 is 0 Å². The second-order valence-corrected chi connectivity index (χ2v) is 6.84. The Balaban J connectivity index is 1.96. The number of benzene rings is 1. The summed E-state index contributed by atoms with van der Waals surface area (Å²) in [6, 6.07) is 10.7. The number of pyridine rings is 1. The van der Waals surface area contributed by atoms with Gasteiger partial charge in [0.25, 0.3) is 0 Å². The molecule has 1 aliphatic rings. The largest absolute Gasteiger partial charge is 0.357 e. The van der Waals surface area contributed by atoms with E-state index in [0.29, 0.717) is 5.41 Å². The summed E-state index contributed by atoms with van der Waals surface area (Å²) in [6.07, 6.45) is 2.48. The molecule has 0 atom stereocenters. The van der Waals surface area contributed by atoms with Gasteiger partial charge >= 0.3 is 0 Å². The molecule has 1 aromatic heterocycles. The number of aromatic nitrogens is 1. The average Bonchev–Trinajstić information content (AvgIpc) is 2.47. The summed E-state index contributed by atoms with van der Waals surface area (Å²) in [7, 11) is 2.00. The molecule has 2 aromatic rings. The molecule has 3 rings (SSSR count). The summed E-state index contributed by atoms with van der Waals surface area (Å²) in [4.78, 5) is 7.33. The van der Waals surface area contributed by atoms with Crippen LogP contribution in [0.3, 0.4) is 0 Å². The molecule has 1 fully saturated rings. The van der Waals surface area contributed by atoms with Gasteiger partial charge in [0.15, 0.2) is 0 Å². The highest BCUT2D eigenvalue weighted by atomic mass is 15.2. The zero-order chi connectivity index (χ0) is 14.9.